The van der Waals surface area contributed by atoms with Crippen molar-refractivity contribution in [2.75, 3.05) is 18.6 Å². The summed E-state index contributed by atoms with van der Waals surface area (Å²) in [7, 11) is 1.74. The molecule has 0 unspecified atom stereocenters. The lowest BCUT2D eigenvalue weighted by atomic mass is 10.2. The molecule has 0 aliphatic heterocycles. The Morgan fingerprint density at radius 1 is 1.38 bits per heavy atom. The predicted octanol–water partition coefficient (Wildman–Crippen LogP) is 2.93. The quantitative estimate of drug-likeness (QED) is 0.610. The molecule has 1 fully saturated rings. The summed E-state index contributed by atoms with van der Waals surface area (Å²) in [5.74, 6) is 7.42. The average molecular weight is 386 g/mol. The Balaban J connectivity index is 1.55. The van der Waals surface area contributed by atoms with Crippen LogP contribution in [0.15, 0.2) is 23.4 Å². The number of thioether (sulfide) groups is 1. The number of aromatic nitrogens is 3. The van der Waals surface area contributed by atoms with Crippen LogP contribution in [0, 0.1) is 0 Å². The van der Waals surface area contributed by atoms with Crippen LogP contribution in [-0.2, 0) is 11.3 Å². The van der Waals surface area contributed by atoms with Crippen LogP contribution < -0.4 is 5.84 Å². The van der Waals surface area contributed by atoms with E-state index >= 15 is 0 Å². The molecule has 0 bridgehead atoms. The fraction of sp³-hybridized carbons (Fsp3) is 0.400. The van der Waals surface area contributed by atoms with Gasteiger partial charge in [-0.25, -0.2) is 4.68 Å². The van der Waals surface area contributed by atoms with Gasteiger partial charge in [-0.05, 0) is 30.5 Å². The first-order valence-corrected chi connectivity index (χ1v) is 9.21. The van der Waals surface area contributed by atoms with E-state index in [0.717, 1.165) is 24.2 Å². The molecule has 128 valence electrons. The number of carbonyl (C=O) groups is 1. The van der Waals surface area contributed by atoms with Crippen LogP contribution in [0.25, 0.3) is 0 Å². The third-order valence-electron chi connectivity index (χ3n) is 3.79. The lowest BCUT2D eigenvalue weighted by molar-refractivity contribution is -0.127. The number of hydrogen-bond donors (Lipinski definition) is 1. The Hall–Kier alpha value is -1.44. The topological polar surface area (TPSA) is 77.0 Å². The molecular weight excluding hydrogens is 369 g/mol. The minimum absolute atomic E-state index is 0.0259. The second-order valence-electron chi connectivity index (χ2n) is 5.77. The summed E-state index contributed by atoms with van der Waals surface area (Å²) >= 11 is 13.2. The van der Waals surface area contributed by atoms with Gasteiger partial charge in [0.15, 0.2) is 5.82 Å². The van der Waals surface area contributed by atoms with Gasteiger partial charge in [-0.1, -0.05) is 41.0 Å². The monoisotopic (exact) mass is 385 g/mol. The maximum atomic E-state index is 12.3. The van der Waals surface area contributed by atoms with Gasteiger partial charge >= 0.3 is 0 Å². The van der Waals surface area contributed by atoms with Gasteiger partial charge in [-0.3, -0.25) is 4.79 Å². The van der Waals surface area contributed by atoms with E-state index in [-0.39, 0.29) is 11.7 Å². The highest BCUT2D eigenvalue weighted by Gasteiger charge is 2.30. The number of carbonyl (C=O) groups excluding carboxylic acids is 1. The van der Waals surface area contributed by atoms with E-state index in [0.29, 0.717) is 27.7 Å². The molecule has 0 radical (unpaired) electrons. The van der Waals surface area contributed by atoms with Crippen LogP contribution in [-0.4, -0.2) is 38.5 Å². The zero-order valence-electron chi connectivity index (χ0n) is 13.1. The summed E-state index contributed by atoms with van der Waals surface area (Å²) in [5, 5.41) is 9.70. The zero-order chi connectivity index (χ0) is 17.3. The number of nitrogen functional groups attached to an aromatic ring is 1. The van der Waals surface area contributed by atoms with Crippen molar-refractivity contribution < 1.29 is 4.79 Å². The summed E-state index contributed by atoms with van der Waals surface area (Å²) in [6.07, 6.45) is 2.21. The number of nitrogens with two attached hydrogens (primary N) is 1. The van der Waals surface area contributed by atoms with Crippen molar-refractivity contribution in [1.82, 2.24) is 19.8 Å². The normalized spacial score (nSPS) is 14.0. The number of rotatable bonds is 6. The van der Waals surface area contributed by atoms with Gasteiger partial charge in [0.25, 0.3) is 0 Å². The molecule has 1 amide bonds. The zero-order valence-corrected chi connectivity index (χ0v) is 15.4. The summed E-state index contributed by atoms with van der Waals surface area (Å²) in [6, 6.07) is 5.34. The van der Waals surface area contributed by atoms with E-state index in [9.17, 15) is 4.79 Å². The Kier molecular flexibility index (Phi) is 5.22. The van der Waals surface area contributed by atoms with E-state index in [4.69, 9.17) is 29.0 Å². The third-order valence-corrected chi connectivity index (χ3v) is 5.45. The Morgan fingerprint density at radius 2 is 2.12 bits per heavy atom. The molecule has 0 spiro atoms. The Morgan fingerprint density at radius 3 is 2.79 bits per heavy atom. The minimum atomic E-state index is -0.0259. The second kappa shape index (κ2) is 7.21. The minimum Gasteiger partial charge on any atom is -0.341 e. The molecule has 0 saturated heterocycles. The SMILES string of the molecule is CN(Cc1ccc(Cl)c(Cl)c1)C(=O)CSc1nnc(C2CC2)n1N. The maximum absolute atomic E-state index is 12.3. The molecular formula is C15H17Cl2N5OS. The van der Waals surface area contributed by atoms with Crippen LogP contribution in [0.5, 0.6) is 0 Å². The largest absolute Gasteiger partial charge is 0.341 e. The van der Waals surface area contributed by atoms with Crippen LogP contribution >= 0.6 is 35.0 Å². The van der Waals surface area contributed by atoms with Gasteiger partial charge in [0.2, 0.25) is 11.1 Å². The lowest BCUT2D eigenvalue weighted by Gasteiger charge is -2.17. The van der Waals surface area contributed by atoms with E-state index in [2.05, 4.69) is 10.2 Å². The molecule has 1 saturated carbocycles. The molecule has 2 aromatic rings. The number of nitrogens with zero attached hydrogens (tertiary/aromatic N) is 4. The lowest BCUT2D eigenvalue weighted by Crippen LogP contribution is -2.28. The number of hydrogen-bond acceptors (Lipinski definition) is 5. The average Bonchev–Trinajstić information content (AvgIpc) is 3.32. The first-order chi connectivity index (χ1) is 11.5. The van der Waals surface area contributed by atoms with Crippen molar-refractivity contribution >= 4 is 40.9 Å². The smallest absolute Gasteiger partial charge is 0.233 e. The van der Waals surface area contributed by atoms with Gasteiger partial charge in [0, 0.05) is 19.5 Å². The molecule has 1 aromatic heterocycles. The number of halogens is 2. The van der Waals surface area contributed by atoms with Crippen molar-refractivity contribution in [3.63, 3.8) is 0 Å². The second-order valence-corrected chi connectivity index (χ2v) is 7.53. The maximum Gasteiger partial charge on any atom is 0.233 e. The van der Waals surface area contributed by atoms with E-state index in [1.54, 1.807) is 24.1 Å². The van der Waals surface area contributed by atoms with E-state index in [1.165, 1.54) is 16.4 Å². The molecule has 2 N–H and O–H groups in total. The molecule has 9 heteroatoms. The Bertz CT molecular complexity index is 762. The van der Waals surface area contributed by atoms with E-state index in [1.807, 2.05) is 6.07 Å². The first kappa shape index (κ1) is 17.4. The fourth-order valence-electron chi connectivity index (χ4n) is 2.24. The van der Waals surface area contributed by atoms with Crippen molar-refractivity contribution in [1.29, 1.82) is 0 Å². The van der Waals surface area contributed by atoms with Gasteiger partial charge in [-0.15, -0.1) is 10.2 Å². The first-order valence-electron chi connectivity index (χ1n) is 7.46. The summed E-state index contributed by atoms with van der Waals surface area (Å²) in [4.78, 5) is 13.9. The molecule has 24 heavy (non-hydrogen) atoms. The molecule has 1 aliphatic carbocycles. The van der Waals surface area contributed by atoms with Crippen LogP contribution in [0.2, 0.25) is 10.0 Å². The number of benzene rings is 1. The highest BCUT2D eigenvalue weighted by molar-refractivity contribution is 7.99. The van der Waals surface area contributed by atoms with Gasteiger partial charge in [-0.2, -0.15) is 0 Å². The standard InChI is InChI=1S/C15H17Cl2N5OS/c1-21(7-9-2-5-11(16)12(17)6-9)13(23)8-24-15-20-19-14(22(15)18)10-3-4-10/h2,5-6,10H,3-4,7-8,18H2,1H3. The van der Waals surface area contributed by atoms with Crippen molar-refractivity contribution in [2.24, 2.45) is 0 Å². The van der Waals surface area contributed by atoms with Crippen LogP contribution in [0.3, 0.4) is 0 Å². The predicted molar refractivity (Wildman–Crippen MR) is 95.8 cm³/mol. The molecule has 1 aliphatic rings. The van der Waals surface area contributed by atoms with Crippen LogP contribution in [0.4, 0.5) is 0 Å². The fourth-order valence-corrected chi connectivity index (χ4v) is 3.37. The van der Waals surface area contributed by atoms with Gasteiger partial charge in [0.1, 0.15) is 0 Å². The van der Waals surface area contributed by atoms with E-state index < -0.39 is 0 Å². The Labute approximate surface area is 154 Å². The molecule has 1 heterocycles. The highest BCUT2D eigenvalue weighted by Crippen LogP contribution is 2.39. The van der Waals surface area contributed by atoms with Gasteiger partial charge in [0.05, 0.1) is 15.8 Å². The molecule has 0 atom stereocenters. The number of amides is 1. The van der Waals surface area contributed by atoms with Crippen molar-refractivity contribution in [3.8, 4) is 0 Å². The summed E-state index contributed by atoms with van der Waals surface area (Å²) < 4.78 is 1.49. The van der Waals surface area contributed by atoms with Crippen molar-refractivity contribution in [2.45, 2.75) is 30.5 Å². The summed E-state index contributed by atoms with van der Waals surface area (Å²) in [6.45, 7) is 0.457. The van der Waals surface area contributed by atoms with Crippen LogP contribution in [0.1, 0.15) is 30.1 Å². The molecule has 6 nitrogen and oxygen atoms in total. The third kappa shape index (κ3) is 3.96. The van der Waals surface area contributed by atoms with Crippen molar-refractivity contribution in [3.05, 3.63) is 39.6 Å². The molecule has 3 rings (SSSR count). The summed E-state index contributed by atoms with van der Waals surface area (Å²) in [5.41, 5.74) is 0.920. The van der Waals surface area contributed by atoms with Gasteiger partial charge < -0.3 is 10.7 Å². The molecule has 1 aromatic carbocycles. The highest BCUT2D eigenvalue weighted by atomic mass is 35.5.